The summed E-state index contributed by atoms with van der Waals surface area (Å²) in [7, 11) is 6.23. The standard InChI is InChI=1S/C12H18BN/c1-8-9(2)14-11-7-12(3,13)6-4-5-10(8)11/h14H,4-7H2,1-3H3. The summed E-state index contributed by atoms with van der Waals surface area (Å²) in [5, 5.41) is -0.0189. The van der Waals surface area contributed by atoms with Crippen LogP contribution in [0.15, 0.2) is 0 Å². The quantitative estimate of drug-likeness (QED) is 0.474. The molecular weight excluding hydrogens is 169 g/mol. The summed E-state index contributed by atoms with van der Waals surface area (Å²) in [5.41, 5.74) is 5.66. The van der Waals surface area contributed by atoms with Gasteiger partial charge < -0.3 is 4.98 Å². The highest BCUT2D eigenvalue weighted by atomic mass is 14.7. The van der Waals surface area contributed by atoms with E-state index in [1.807, 2.05) is 0 Å². The van der Waals surface area contributed by atoms with Crippen molar-refractivity contribution >= 4 is 7.85 Å². The van der Waals surface area contributed by atoms with Crippen LogP contribution in [0.5, 0.6) is 0 Å². The number of H-pyrrole nitrogens is 1. The molecule has 1 nitrogen and oxygen atoms in total. The molecule has 2 rings (SSSR count). The lowest BCUT2D eigenvalue weighted by Gasteiger charge is -2.22. The molecule has 0 spiro atoms. The summed E-state index contributed by atoms with van der Waals surface area (Å²) < 4.78 is 0. The Hall–Kier alpha value is -0.655. The maximum atomic E-state index is 6.23. The molecule has 0 amide bonds. The van der Waals surface area contributed by atoms with Gasteiger partial charge in [0.1, 0.15) is 0 Å². The number of hydrogen-bond donors (Lipinski definition) is 1. The van der Waals surface area contributed by atoms with Gasteiger partial charge in [0.25, 0.3) is 0 Å². The number of aromatic nitrogens is 1. The van der Waals surface area contributed by atoms with Gasteiger partial charge in [-0.2, -0.15) is 0 Å². The van der Waals surface area contributed by atoms with E-state index in [-0.39, 0.29) is 5.31 Å². The molecule has 0 fully saturated rings. The number of fused-ring (bicyclic) bond motifs is 1. The van der Waals surface area contributed by atoms with Crippen LogP contribution in [0, 0.1) is 13.8 Å². The second-order valence-corrected chi connectivity index (χ2v) is 5.02. The molecule has 1 aromatic rings. The summed E-state index contributed by atoms with van der Waals surface area (Å²) in [6, 6.07) is 0. The van der Waals surface area contributed by atoms with Gasteiger partial charge in [0.15, 0.2) is 0 Å². The highest BCUT2D eigenvalue weighted by Crippen LogP contribution is 2.38. The first-order chi connectivity index (χ1) is 6.49. The third-order valence-electron chi connectivity index (χ3n) is 3.47. The summed E-state index contributed by atoms with van der Waals surface area (Å²) in [4.78, 5) is 3.48. The Morgan fingerprint density at radius 3 is 2.79 bits per heavy atom. The Morgan fingerprint density at radius 2 is 2.07 bits per heavy atom. The topological polar surface area (TPSA) is 15.8 Å². The van der Waals surface area contributed by atoms with Crippen LogP contribution >= 0.6 is 0 Å². The first-order valence-corrected chi connectivity index (χ1v) is 5.45. The van der Waals surface area contributed by atoms with E-state index in [4.69, 9.17) is 7.85 Å². The first kappa shape index (κ1) is 9.88. The number of rotatable bonds is 0. The van der Waals surface area contributed by atoms with Gasteiger partial charge in [-0.25, -0.2) is 0 Å². The maximum absolute atomic E-state index is 6.23. The molecular formula is C12H18BN. The molecule has 0 bridgehead atoms. The van der Waals surface area contributed by atoms with Crippen molar-refractivity contribution in [1.82, 2.24) is 4.98 Å². The van der Waals surface area contributed by atoms with Crippen LogP contribution in [0.2, 0.25) is 5.31 Å². The maximum Gasteiger partial charge on any atom is 0.0747 e. The Labute approximate surface area is 87.7 Å². The Kier molecular flexibility index (Phi) is 2.25. The van der Waals surface area contributed by atoms with Gasteiger partial charge in [-0.3, -0.25) is 0 Å². The van der Waals surface area contributed by atoms with Crippen LogP contribution in [0.4, 0.5) is 0 Å². The van der Waals surface area contributed by atoms with E-state index in [0.717, 1.165) is 12.8 Å². The zero-order valence-electron chi connectivity index (χ0n) is 9.41. The Bertz CT molecular complexity index is 349. The van der Waals surface area contributed by atoms with E-state index in [0.29, 0.717) is 0 Å². The minimum absolute atomic E-state index is 0.0189. The lowest BCUT2D eigenvalue weighted by molar-refractivity contribution is 0.546. The fraction of sp³-hybridized carbons (Fsp3) is 0.667. The number of nitrogens with one attached hydrogen (secondary N) is 1. The molecule has 14 heavy (non-hydrogen) atoms. The van der Waals surface area contributed by atoms with Crippen LogP contribution < -0.4 is 0 Å². The smallest absolute Gasteiger partial charge is 0.0747 e. The minimum atomic E-state index is -0.0189. The van der Waals surface area contributed by atoms with Gasteiger partial charge in [-0.15, -0.1) is 0 Å². The zero-order valence-corrected chi connectivity index (χ0v) is 9.41. The normalized spacial score (nSPS) is 27.1. The van der Waals surface area contributed by atoms with Gasteiger partial charge in [0.05, 0.1) is 7.85 Å². The molecule has 2 heteroatoms. The second-order valence-electron chi connectivity index (χ2n) is 5.02. The highest BCUT2D eigenvalue weighted by molar-refractivity contribution is 6.15. The van der Waals surface area contributed by atoms with Crippen molar-refractivity contribution in [3.05, 3.63) is 22.5 Å². The average molecular weight is 187 g/mol. The Balaban J connectivity index is 2.41. The van der Waals surface area contributed by atoms with E-state index >= 15 is 0 Å². The average Bonchev–Trinajstić information content (AvgIpc) is 2.28. The summed E-state index contributed by atoms with van der Waals surface area (Å²) in [6.45, 7) is 6.52. The van der Waals surface area contributed by atoms with Crippen molar-refractivity contribution in [3.63, 3.8) is 0 Å². The van der Waals surface area contributed by atoms with Crippen molar-refractivity contribution in [1.29, 1.82) is 0 Å². The lowest BCUT2D eigenvalue weighted by Crippen LogP contribution is -2.10. The van der Waals surface area contributed by atoms with Crippen molar-refractivity contribution in [2.45, 2.75) is 51.8 Å². The SMILES string of the molecule is [B]C1(C)CCCc2c([nH]c(C)c2C)C1. The monoisotopic (exact) mass is 187 g/mol. The van der Waals surface area contributed by atoms with Crippen molar-refractivity contribution in [2.75, 3.05) is 0 Å². The first-order valence-electron chi connectivity index (χ1n) is 5.45. The molecule has 1 N–H and O–H groups in total. The Morgan fingerprint density at radius 1 is 1.36 bits per heavy atom. The summed E-state index contributed by atoms with van der Waals surface area (Å²) >= 11 is 0. The van der Waals surface area contributed by atoms with Gasteiger partial charge in [-0.05, 0) is 44.2 Å². The van der Waals surface area contributed by atoms with Crippen LogP contribution in [-0.4, -0.2) is 12.8 Å². The van der Waals surface area contributed by atoms with Gasteiger partial charge in [0, 0.05) is 11.4 Å². The fourth-order valence-electron chi connectivity index (χ4n) is 2.50. The molecule has 1 unspecified atom stereocenters. The van der Waals surface area contributed by atoms with E-state index < -0.39 is 0 Å². The molecule has 1 aromatic heterocycles. The van der Waals surface area contributed by atoms with Crippen LogP contribution in [0.25, 0.3) is 0 Å². The number of hydrogen-bond acceptors (Lipinski definition) is 0. The largest absolute Gasteiger partial charge is 0.362 e. The van der Waals surface area contributed by atoms with Crippen molar-refractivity contribution < 1.29 is 0 Å². The fourth-order valence-corrected chi connectivity index (χ4v) is 2.50. The van der Waals surface area contributed by atoms with Crippen molar-refractivity contribution in [3.8, 4) is 0 Å². The van der Waals surface area contributed by atoms with Gasteiger partial charge >= 0.3 is 0 Å². The van der Waals surface area contributed by atoms with E-state index in [9.17, 15) is 0 Å². The molecule has 1 aliphatic carbocycles. The molecule has 0 aliphatic heterocycles. The number of aryl methyl sites for hydroxylation is 1. The van der Waals surface area contributed by atoms with Crippen LogP contribution in [-0.2, 0) is 12.8 Å². The predicted molar refractivity (Wildman–Crippen MR) is 61.0 cm³/mol. The third kappa shape index (κ3) is 1.62. The van der Waals surface area contributed by atoms with Gasteiger partial charge in [0.2, 0.25) is 0 Å². The lowest BCUT2D eigenvalue weighted by atomic mass is 9.65. The van der Waals surface area contributed by atoms with Crippen LogP contribution in [0.1, 0.15) is 42.3 Å². The number of aromatic amines is 1. The second kappa shape index (κ2) is 3.18. The molecule has 1 atom stereocenters. The zero-order chi connectivity index (χ0) is 10.3. The molecule has 74 valence electrons. The molecule has 1 aliphatic rings. The third-order valence-corrected chi connectivity index (χ3v) is 3.47. The highest BCUT2D eigenvalue weighted by Gasteiger charge is 2.25. The molecule has 0 aromatic carbocycles. The summed E-state index contributed by atoms with van der Waals surface area (Å²) in [5.74, 6) is 0. The van der Waals surface area contributed by atoms with Gasteiger partial charge in [-0.1, -0.05) is 18.7 Å². The van der Waals surface area contributed by atoms with E-state index in [2.05, 4.69) is 25.8 Å². The minimum Gasteiger partial charge on any atom is -0.362 e. The van der Waals surface area contributed by atoms with Crippen LogP contribution in [0.3, 0.4) is 0 Å². The van der Waals surface area contributed by atoms with E-state index in [1.165, 1.54) is 35.4 Å². The molecule has 0 saturated carbocycles. The van der Waals surface area contributed by atoms with E-state index in [1.54, 1.807) is 0 Å². The summed E-state index contributed by atoms with van der Waals surface area (Å²) in [6.07, 6.45) is 4.54. The predicted octanol–water partition coefficient (Wildman–Crippen LogP) is 2.86. The molecule has 2 radical (unpaired) electrons. The molecule has 1 heterocycles. The van der Waals surface area contributed by atoms with Crippen molar-refractivity contribution in [2.24, 2.45) is 0 Å². The molecule has 0 saturated heterocycles.